The Morgan fingerprint density at radius 1 is 0.958 bits per heavy atom. The van der Waals surface area contributed by atoms with Gasteiger partial charge in [-0.15, -0.1) is 0 Å². The van der Waals surface area contributed by atoms with Crippen LogP contribution in [0.25, 0.3) is 0 Å². The molecule has 0 aromatic heterocycles. The number of carbonyl (C=O) groups excluding carboxylic acids is 3. The van der Waals surface area contributed by atoms with Gasteiger partial charge in [0.1, 0.15) is 0 Å². The first kappa shape index (κ1) is 16.6. The molecule has 1 unspecified atom stereocenters. The van der Waals surface area contributed by atoms with E-state index in [0.717, 1.165) is 10.0 Å². The van der Waals surface area contributed by atoms with Crippen LogP contribution in [0.15, 0.2) is 59.1 Å². The molecule has 2 amide bonds. The maximum Gasteiger partial charge on any atom is 0.230 e. The van der Waals surface area contributed by atoms with Gasteiger partial charge in [0.15, 0.2) is 5.78 Å². The quantitative estimate of drug-likeness (QED) is 0.578. The molecule has 2 aromatic carbocycles. The molecule has 1 fully saturated rings. The van der Waals surface area contributed by atoms with Crippen molar-refractivity contribution in [3.63, 3.8) is 0 Å². The normalized spacial score (nSPS) is 15.6. The predicted molar refractivity (Wildman–Crippen MR) is 93.4 cm³/mol. The highest BCUT2D eigenvalue weighted by Crippen LogP contribution is 2.31. The van der Waals surface area contributed by atoms with Gasteiger partial charge in [-0.3, -0.25) is 19.3 Å². The van der Waals surface area contributed by atoms with Gasteiger partial charge in [0.2, 0.25) is 11.8 Å². The van der Waals surface area contributed by atoms with E-state index in [1.807, 2.05) is 30.3 Å². The van der Waals surface area contributed by atoms with E-state index in [-0.39, 0.29) is 36.9 Å². The summed E-state index contributed by atoms with van der Waals surface area (Å²) in [6.45, 7) is 0. The summed E-state index contributed by atoms with van der Waals surface area (Å²) in [4.78, 5) is 38.2. The van der Waals surface area contributed by atoms with Crippen LogP contribution < -0.4 is 0 Å². The average Bonchev–Trinajstić information content (AvgIpc) is 2.93. The number of halogens is 1. The highest BCUT2D eigenvalue weighted by atomic mass is 79.9. The van der Waals surface area contributed by atoms with Crippen LogP contribution in [0.2, 0.25) is 0 Å². The maximum atomic E-state index is 12.6. The van der Waals surface area contributed by atoms with E-state index in [0.29, 0.717) is 5.56 Å². The van der Waals surface area contributed by atoms with Crippen molar-refractivity contribution >= 4 is 33.5 Å². The zero-order valence-corrected chi connectivity index (χ0v) is 14.5. The van der Waals surface area contributed by atoms with Gasteiger partial charge in [0, 0.05) is 29.3 Å². The molecule has 1 aliphatic heterocycles. The van der Waals surface area contributed by atoms with Gasteiger partial charge in [0.05, 0.1) is 6.04 Å². The van der Waals surface area contributed by atoms with Crippen LogP contribution in [-0.2, 0) is 9.59 Å². The number of ketones is 1. The molecular formula is C19H16BrNO3. The highest BCUT2D eigenvalue weighted by Gasteiger charge is 2.36. The molecule has 24 heavy (non-hydrogen) atoms. The van der Waals surface area contributed by atoms with E-state index in [1.165, 1.54) is 4.90 Å². The van der Waals surface area contributed by atoms with Gasteiger partial charge < -0.3 is 0 Å². The molecular weight excluding hydrogens is 370 g/mol. The van der Waals surface area contributed by atoms with Crippen molar-refractivity contribution < 1.29 is 14.4 Å². The monoisotopic (exact) mass is 385 g/mol. The van der Waals surface area contributed by atoms with Crippen molar-refractivity contribution in [2.75, 3.05) is 0 Å². The number of imide groups is 1. The Morgan fingerprint density at radius 2 is 1.54 bits per heavy atom. The Hall–Kier alpha value is -2.27. The summed E-state index contributed by atoms with van der Waals surface area (Å²) < 4.78 is 0.892. The molecule has 0 aliphatic carbocycles. The van der Waals surface area contributed by atoms with Crippen LogP contribution in [-0.4, -0.2) is 22.5 Å². The second kappa shape index (κ2) is 7.09. The van der Waals surface area contributed by atoms with Gasteiger partial charge >= 0.3 is 0 Å². The molecule has 1 saturated heterocycles. The Morgan fingerprint density at radius 3 is 2.12 bits per heavy atom. The number of hydrogen-bond acceptors (Lipinski definition) is 3. The fourth-order valence-electron chi connectivity index (χ4n) is 2.90. The second-order valence-corrected chi connectivity index (χ2v) is 6.63. The lowest BCUT2D eigenvalue weighted by Crippen LogP contribution is -2.34. The predicted octanol–water partition coefficient (Wildman–Crippen LogP) is 3.91. The van der Waals surface area contributed by atoms with E-state index >= 15 is 0 Å². The molecule has 0 radical (unpaired) electrons. The lowest BCUT2D eigenvalue weighted by molar-refractivity contribution is -0.141. The first-order valence-electron chi connectivity index (χ1n) is 7.75. The summed E-state index contributed by atoms with van der Waals surface area (Å²) in [7, 11) is 0. The van der Waals surface area contributed by atoms with Crippen molar-refractivity contribution in [1.82, 2.24) is 4.90 Å². The molecule has 0 N–H and O–H groups in total. The number of hydrogen-bond donors (Lipinski definition) is 0. The minimum atomic E-state index is -0.551. The number of likely N-dealkylation sites (tertiary alicyclic amines) is 1. The number of rotatable bonds is 5. The number of nitrogens with zero attached hydrogens (tertiary/aromatic N) is 1. The van der Waals surface area contributed by atoms with Crippen molar-refractivity contribution in [2.24, 2.45) is 0 Å². The van der Waals surface area contributed by atoms with Crippen molar-refractivity contribution in [3.8, 4) is 0 Å². The van der Waals surface area contributed by atoms with Gasteiger partial charge in [-0.1, -0.05) is 58.4 Å². The maximum absolute atomic E-state index is 12.6. The summed E-state index contributed by atoms with van der Waals surface area (Å²) in [5.41, 5.74) is 1.37. The Labute approximate surface area is 148 Å². The zero-order chi connectivity index (χ0) is 17.1. The minimum Gasteiger partial charge on any atom is -0.294 e. The fourth-order valence-corrected chi connectivity index (χ4v) is 3.17. The van der Waals surface area contributed by atoms with Crippen molar-refractivity contribution in [2.45, 2.75) is 25.3 Å². The van der Waals surface area contributed by atoms with Gasteiger partial charge in [0.25, 0.3) is 0 Å². The van der Waals surface area contributed by atoms with Crippen LogP contribution >= 0.6 is 15.9 Å². The number of carbonyl (C=O) groups is 3. The lowest BCUT2D eigenvalue weighted by atomic mass is 9.96. The van der Waals surface area contributed by atoms with E-state index < -0.39 is 6.04 Å². The molecule has 1 atom stereocenters. The summed E-state index contributed by atoms with van der Waals surface area (Å²) in [5.74, 6) is -0.515. The lowest BCUT2D eigenvalue weighted by Gasteiger charge is -2.26. The third-order valence-corrected chi connectivity index (χ3v) is 4.66. The van der Waals surface area contributed by atoms with E-state index in [9.17, 15) is 14.4 Å². The van der Waals surface area contributed by atoms with E-state index in [4.69, 9.17) is 0 Å². The summed E-state index contributed by atoms with van der Waals surface area (Å²) in [5, 5.41) is 0. The molecule has 2 aromatic rings. The topological polar surface area (TPSA) is 54.5 Å². The summed E-state index contributed by atoms with van der Waals surface area (Å²) in [6.07, 6.45) is 0.520. The highest BCUT2D eigenvalue weighted by molar-refractivity contribution is 9.10. The molecule has 0 spiro atoms. The Kier molecular flexibility index (Phi) is 4.90. The first-order valence-corrected chi connectivity index (χ1v) is 8.54. The van der Waals surface area contributed by atoms with Gasteiger partial charge in [-0.2, -0.15) is 0 Å². The largest absolute Gasteiger partial charge is 0.294 e. The summed E-state index contributed by atoms with van der Waals surface area (Å²) >= 11 is 3.34. The smallest absolute Gasteiger partial charge is 0.230 e. The third-order valence-electron chi connectivity index (χ3n) is 4.13. The van der Waals surface area contributed by atoms with Crippen LogP contribution in [0.1, 0.15) is 41.2 Å². The van der Waals surface area contributed by atoms with E-state index in [1.54, 1.807) is 24.3 Å². The molecule has 1 aliphatic rings. The average molecular weight is 386 g/mol. The molecule has 3 rings (SSSR count). The molecule has 5 heteroatoms. The third kappa shape index (κ3) is 3.46. The molecule has 122 valence electrons. The van der Waals surface area contributed by atoms with E-state index in [2.05, 4.69) is 15.9 Å². The van der Waals surface area contributed by atoms with Crippen LogP contribution in [0.4, 0.5) is 0 Å². The van der Waals surface area contributed by atoms with Gasteiger partial charge in [-0.25, -0.2) is 0 Å². The second-order valence-electron chi connectivity index (χ2n) is 5.72. The minimum absolute atomic E-state index is 0.0864. The summed E-state index contributed by atoms with van der Waals surface area (Å²) in [6, 6.07) is 15.8. The van der Waals surface area contributed by atoms with Crippen LogP contribution in [0, 0.1) is 0 Å². The molecule has 0 bridgehead atoms. The number of amides is 2. The molecule has 1 heterocycles. The zero-order valence-electron chi connectivity index (χ0n) is 12.9. The number of Topliss-reactive ketones (excluding diaryl/α,β-unsaturated/α-hetero) is 1. The van der Waals surface area contributed by atoms with Crippen LogP contribution in [0.3, 0.4) is 0 Å². The Balaban J connectivity index is 1.90. The molecule has 0 saturated carbocycles. The van der Waals surface area contributed by atoms with Gasteiger partial charge in [-0.05, 0) is 17.7 Å². The standard InChI is InChI=1S/C19H16BrNO3/c20-15-8-6-14(7-9-15)17(22)12-16(13-4-2-1-3-5-13)21-18(23)10-11-19(21)24/h1-9,16H,10-12H2. The SMILES string of the molecule is O=C(CC(c1ccccc1)N1C(=O)CCC1=O)c1ccc(Br)cc1. The molecule has 4 nitrogen and oxygen atoms in total. The first-order chi connectivity index (χ1) is 11.6. The fraction of sp³-hybridized carbons (Fsp3) is 0.211. The van der Waals surface area contributed by atoms with Crippen molar-refractivity contribution in [3.05, 3.63) is 70.2 Å². The van der Waals surface area contributed by atoms with Crippen molar-refractivity contribution in [1.29, 1.82) is 0 Å². The van der Waals surface area contributed by atoms with Crippen LogP contribution in [0.5, 0.6) is 0 Å². The Bertz CT molecular complexity index is 755. The number of benzene rings is 2.